The number of hydrogen-bond acceptors (Lipinski definition) is 3. The Morgan fingerprint density at radius 1 is 1.23 bits per heavy atom. The summed E-state index contributed by atoms with van der Waals surface area (Å²) in [5.74, 6) is 0.00704. The molecule has 1 N–H and O–H groups in total. The van der Waals surface area contributed by atoms with Gasteiger partial charge in [-0.2, -0.15) is 0 Å². The molecular weight excluding hydrogens is 328 g/mol. The fourth-order valence-corrected chi connectivity index (χ4v) is 2.77. The van der Waals surface area contributed by atoms with Crippen LogP contribution in [0.4, 0.5) is 0 Å². The number of furan rings is 1. The van der Waals surface area contributed by atoms with E-state index >= 15 is 0 Å². The van der Waals surface area contributed by atoms with Crippen LogP contribution >= 0.6 is 0 Å². The summed E-state index contributed by atoms with van der Waals surface area (Å²) in [4.78, 5) is 12.7. The summed E-state index contributed by atoms with van der Waals surface area (Å²) >= 11 is 0. The van der Waals surface area contributed by atoms with Gasteiger partial charge in [-0.3, -0.25) is 4.79 Å². The lowest BCUT2D eigenvalue weighted by atomic mass is 10.0. The molecule has 1 heterocycles. The maximum Gasteiger partial charge on any atom is 0.252 e. The molecule has 134 valence electrons. The minimum atomic E-state index is -0.221. The van der Waals surface area contributed by atoms with Crippen LogP contribution in [0.5, 0.6) is 0 Å². The van der Waals surface area contributed by atoms with Crippen LogP contribution in [0.25, 0.3) is 11.0 Å². The zero-order valence-corrected chi connectivity index (χ0v) is 14.9. The second-order valence-corrected chi connectivity index (χ2v) is 6.69. The van der Waals surface area contributed by atoms with E-state index in [1.54, 1.807) is 24.5 Å². The van der Waals surface area contributed by atoms with Crippen molar-refractivity contribution in [2.75, 3.05) is 6.54 Å². The molecule has 5 heteroatoms. The Balaban J connectivity index is 1.89. The highest BCUT2D eigenvalue weighted by Crippen LogP contribution is 2.20. The minimum absolute atomic E-state index is 0.221. The number of hydrogen-bond donors (Lipinski definition) is 1. The van der Waals surface area contributed by atoms with Gasteiger partial charge in [0.25, 0.3) is 5.91 Å². The van der Waals surface area contributed by atoms with Gasteiger partial charge in [0.05, 0.1) is 17.4 Å². The highest BCUT2D eigenvalue weighted by molar-refractivity contribution is 6.05. The van der Waals surface area contributed by atoms with E-state index in [1.165, 1.54) is 6.21 Å². The van der Waals surface area contributed by atoms with Crippen LogP contribution in [0.3, 0.4) is 0 Å². The molecule has 0 unspecified atom stereocenters. The van der Waals surface area contributed by atoms with Gasteiger partial charge >= 0.3 is 0 Å². The monoisotopic (exact) mass is 350 g/mol. The van der Waals surface area contributed by atoms with Crippen LogP contribution in [-0.4, -0.2) is 23.4 Å². The van der Waals surface area contributed by atoms with E-state index in [0.717, 1.165) is 15.7 Å². The second-order valence-electron chi connectivity index (χ2n) is 6.69. The molecule has 0 saturated heterocycles. The smallest absolute Gasteiger partial charge is 0.252 e. The van der Waals surface area contributed by atoms with Gasteiger partial charge in [0.2, 0.25) is 0 Å². The molecule has 0 atom stereocenters. The van der Waals surface area contributed by atoms with Crippen molar-refractivity contribution >= 4 is 23.1 Å². The van der Waals surface area contributed by atoms with Gasteiger partial charge in [-0.1, -0.05) is 44.2 Å². The van der Waals surface area contributed by atoms with Gasteiger partial charge in [0.1, 0.15) is 5.58 Å². The number of carbonyl (C=O) groups is 1. The standard InChI is InChI=1S/C21H22N2O3/c1-15(2)13-23(25)14-18-11-20-17(8-9-26-20)10-19(18)21(24)22-12-16-6-4-3-5-7-16/h3-11,14-15H,12-13H2,1-2H3,(H,22,24)/b23-14-. The molecule has 1 amide bonds. The third kappa shape index (κ3) is 4.30. The van der Waals surface area contributed by atoms with E-state index in [4.69, 9.17) is 4.42 Å². The fourth-order valence-electron chi connectivity index (χ4n) is 2.77. The molecule has 5 nitrogen and oxygen atoms in total. The van der Waals surface area contributed by atoms with Crippen molar-refractivity contribution in [3.8, 4) is 0 Å². The number of nitrogens with one attached hydrogen (secondary N) is 1. The zero-order chi connectivity index (χ0) is 18.5. The number of fused-ring (bicyclic) bond motifs is 1. The highest BCUT2D eigenvalue weighted by Gasteiger charge is 2.15. The molecule has 2 aromatic carbocycles. The lowest BCUT2D eigenvalue weighted by Crippen LogP contribution is -2.24. The number of nitrogens with zero attached hydrogens (tertiary/aromatic N) is 1. The number of rotatable bonds is 6. The highest BCUT2D eigenvalue weighted by atomic mass is 16.5. The van der Waals surface area contributed by atoms with Gasteiger partial charge in [-0.05, 0) is 23.8 Å². The molecule has 0 spiro atoms. The molecular formula is C21H22N2O3. The third-order valence-electron chi connectivity index (χ3n) is 3.99. The lowest BCUT2D eigenvalue weighted by Gasteiger charge is -2.10. The molecule has 0 aliphatic rings. The Morgan fingerprint density at radius 3 is 2.73 bits per heavy atom. The molecule has 0 aliphatic heterocycles. The van der Waals surface area contributed by atoms with Gasteiger partial charge in [-0.15, -0.1) is 0 Å². The van der Waals surface area contributed by atoms with Crippen molar-refractivity contribution in [2.45, 2.75) is 20.4 Å². The van der Waals surface area contributed by atoms with E-state index in [-0.39, 0.29) is 11.8 Å². The Bertz CT molecular complexity index is 927. The van der Waals surface area contributed by atoms with Crippen LogP contribution in [-0.2, 0) is 6.54 Å². The van der Waals surface area contributed by atoms with Crippen molar-refractivity contribution < 1.29 is 14.0 Å². The molecule has 0 fully saturated rings. The van der Waals surface area contributed by atoms with Crippen molar-refractivity contribution in [3.63, 3.8) is 0 Å². The summed E-state index contributed by atoms with van der Waals surface area (Å²) in [6.45, 7) is 4.74. The van der Waals surface area contributed by atoms with Crippen molar-refractivity contribution in [2.24, 2.45) is 5.92 Å². The third-order valence-corrected chi connectivity index (χ3v) is 3.99. The molecule has 0 radical (unpaired) electrons. The number of hydroxylamine groups is 1. The van der Waals surface area contributed by atoms with E-state index in [0.29, 0.717) is 29.8 Å². The maximum absolute atomic E-state index is 12.7. The number of carbonyl (C=O) groups excluding carboxylic acids is 1. The largest absolute Gasteiger partial charge is 0.624 e. The van der Waals surface area contributed by atoms with Crippen molar-refractivity contribution in [1.29, 1.82) is 0 Å². The lowest BCUT2D eigenvalue weighted by molar-refractivity contribution is -0.459. The second kappa shape index (κ2) is 7.87. The molecule has 3 aromatic rings. The molecule has 3 rings (SSSR count). The summed E-state index contributed by atoms with van der Waals surface area (Å²) in [5.41, 5.74) is 2.67. The van der Waals surface area contributed by atoms with E-state index in [1.807, 2.05) is 44.2 Å². The van der Waals surface area contributed by atoms with Gasteiger partial charge in [0, 0.05) is 17.8 Å². The van der Waals surface area contributed by atoms with E-state index in [9.17, 15) is 10.0 Å². The van der Waals surface area contributed by atoms with Gasteiger partial charge < -0.3 is 14.9 Å². The SMILES string of the molecule is CC(C)C/[N+]([O-])=C/c1cc2occc2cc1C(=O)NCc1ccccc1. The van der Waals surface area contributed by atoms with Gasteiger partial charge in [-0.25, -0.2) is 4.74 Å². The molecule has 0 aliphatic carbocycles. The predicted octanol–water partition coefficient (Wildman–Crippen LogP) is 3.95. The van der Waals surface area contributed by atoms with Crippen molar-refractivity contribution in [1.82, 2.24) is 5.32 Å². The Hall–Kier alpha value is -3.08. The first-order valence-corrected chi connectivity index (χ1v) is 8.65. The van der Waals surface area contributed by atoms with Crippen LogP contribution in [0.2, 0.25) is 0 Å². The summed E-state index contributed by atoms with van der Waals surface area (Å²) in [6, 6.07) is 15.0. The number of benzene rings is 2. The molecule has 26 heavy (non-hydrogen) atoms. The first-order valence-electron chi connectivity index (χ1n) is 8.65. The van der Waals surface area contributed by atoms with Gasteiger partial charge in [0.15, 0.2) is 12.8 Å². The topological polar surface area (TPSA) is 68.3 Å². The van der Waals surface area contributed by atoms with E-state index in [2.05, 4.69) is 5.32 Å². The summed E-state index contributed by atoms with van der Waals surface area (Å²) in [5, 5.41) is 15.9. The van der Waals surface area contributed by atoms with Crippen LogP contribution in [0, 0.1) is 11.1 Å². The first kappa shape index (κ1) is 17.7. The fraction of sp³-hybridized carbons (Fsp3) is 0.238. The summed E-state index contributed by atoms with van der Waals surface area (Å²) in [7, 11) is 0. The zero-order valence-electron chi connectivity index (χ0n) is 14.9. The minimum Gasteiger partial charge on any atom is -0.624 e. The maximum atomic E-state index is 12.7. The van der Waals surface area contributed by atoms with E-state index < -0.39 is 0 Å². The van der Waals surface area contributed by atoms with Crippen LogP contribution < -0.4 is 5.32 Å². The van der Waals surface area contributed by atoms with Crippen LogP contribution in [0.15, 0.2) is 59.2 Å². The Kier molecular flexibility index (Phi) is 5.37. The predicted molar refractivity (Wildman–Crippen MR) is 102 cm³/mol. The van der Waals surface area contributed by atoms with Crippen LogP contribution in [0.1, 0.15) is 35.3 Å². The normalized spacial score (nSPS) is 11.9. The quantitative estimate of drug-likeness (QED) is 0.317. The average Bonchev–Trinajstić information content (AvgIpc) is 3.06. The summed E-state index contributed by atoms with van der Waals surface area (Å²) < 4.78 is 6.28. The Morgan fingerprint density at radius 2 is 2.00 bits per heavy atom. The molecule has 0 saturated carbocycles. The summed E-state index contributed by atoms with van der Waals surface area (Å²) in [6.07, 6.45) is 3.03. The number of amides is 1. The average molecular weight is 350 g/mol. The molecule has 0 bridgehead atoms. The Labute approximate surface area is 152 Å². The molecule has 1 aromatic heterocycles. The van der Waals surface area contributed by atoms with Crippen molar-refractivity contribution in [3.05, 3.63) is 76.7 Å². The first-order chi connectivity index (χ1) is 12.5.